The van der Waals surface area contributed by atoms with Gasteiger partial charge < -0.3 is 68.9 Å². The smallest absolute Gasteiger partial charge is 0.330 e. The molecule has 45 heavy (non-hydrogen) atoms. The summed E-state index contributed by atoms with van der Waals surface area (Å²) in [5, 5.41) is 71.7. The molecule has 1 aliphatic carbocycles. The van der Waals surface area contributed by atoms with Gasteiger partial charge in [0.05, 0.1) is 31.0 Å². The molecule has 1 aromatic rings. The average molecular weight is 639 g/mol. The molecule has 0 unspecified atom stereocenters. The number of carbonyl (C=O) groups excluding carboxylic acids is 1. The van der Waals surface area contributed by atoms with Gasteiger partial charge in [-0.1, -0.05) is 30.3 Å². The fraction of sp³-hybridized carbons (Fsp3) is 0.633. The molecule has 5 aliphatic rings. The van der Waals surface area contributed by atoms with Gasteiger partial charge in [0, 0.05) is 12.0 Å². The zero-order valence-electron chi connectivity index (χ0n) is 24.2. The minimum absolute atomic E-state index is 0.270. The van der Waals surface area contributed by atoms with Crippen molar-refractivity contribution in [3.63, 3.8) is 0 Å². The molecule has 15 nitrogen and oxygen atoms in total. The van der Waals surface area contributed by atoms with Crippen LogP contribution in [-0.2, 0) is 38.0 Å². The van der Waals surface area contributed by atoms with Crippen LogP contribution >= 0.6 is 0 Å². The first-order chi connectivity index (χ1) is 21.6. The summed E-state index contributed by atoms with van der Waals surface area (Å²) >= 11 is 0. The van der Waals surface area contributed by atoms with Crippen molar-refractivity contribution in [1.29, 1.82) is 0 Å². The molecule has 0 amide bonds. The number of hydrogen-bond acceptors (Lipinski definition) is 15. The third kappa shape index (κ3) is 6.04. The van der Waals surface area contributed by atoms with Gasteiger partial charge in [0.15, 0.2) is 12.6 Å². The van der Waals surface area contributed by atoms with Gasteiger partial charge in [0.1, 0.15) is 61.0 Å². The van der Waals surface area contributed by atoms with Gasteiger partial charge in [0.25, 0.3) is 0 Å². The number of aliphatic hydroxyl groups is 7. The van der Waals surface area contributed by atoms with E-state index in [1.807, 2.05) is 30.3 Å². The number of hydrogen-bond donors (Lipinski definition) is 7. The minimum atomic E-state index is -1.71. The maximum absolute atomic E-state index is 12.7. The summed E-state index contributed by atoms with van der Waals surface area (Å²) < 4.78 is 40.8. The summed E-state index contributed by atoms with van der Waals surface area (Å²) in [6.07, 6.45) is -11.4. The summed E-state index contributed by atoms with van der Waals surface area (Å²) in [7, 11) is 0. The molecule has 7 N–H and O–H groups in total. The normalized spacial score (nSPS) is 47.2. The van der Waals surface area contributed by atoms with Gasteiger partial charge in [-0.2, -0.15) is 0 Å². The number of aliphatic hydroxyl groups excluding tert-OH is 7. The molecule has 1 saturated carbocycles. The van der Waals surface area contributed by atoms with Crippen LogP contribution in [0.1, 0.15) is 12.5 Å². The highest BCUT2D eigenvalue weighted by Gasteiger charge is 2.77. The Morgan fingerprint density at radius 3 is 2.29 bits per heavy atom. The van der Waals surface area contributed by atoms with Crippen molar-refractivity contribution in [3.8, 4) is 0 Å². The molecule has 3 saturated heterocycles. The molecular weight excluding hydrogens is 600 g/mol. The van der Waals surface area contributed by atoms with Crippen molar-refractivity contribution < 1.29 is 73.7 Å². The number of esters is 1. The zero-order chi connectivity index (χ0) is 32.0. The van der Waals surface area contributed by atoms with E-state index < -0.39 is 110 Å². The predicted octanol–water partition coefficient (Wildman–Crippen LogP) is -2.47. The van der Waals surface area contributed by atoms with Gasteiger partial charge >= 0.3 is 5.97 Å². The first-order valence-corrected chi connectivity index (χ1v) is 14.8. The van der Waals surface area contributed by atoms with E-state index in [4.69, 9.17) is 33.2 Å². The number of carbonyl (C=O) groups is 1. The lowest BCUT2D eigenvalue weighted by Gasteiger charge is -2.44. The lowest BCUT2D eigenvalue weighted by atomic mass is 9.85. The SMILES string of the molecule is C[C@@H]1O[C@@H](O[C@H]2[C@@H]3C=CO[C@@H](O[C@@H]4O[C@H](CO)[C@@H](O)[C@H](O)[C@H]4O)[C@@H]3[C@@]3(COC(=O)/C=C/c4ccccc4)O[C@@H]23)[C@H](O)[C@H](O)[C@H]1O. The van der Waals surface area contributed by atoms with E-state index in [-0.39, 0.29) is 6.61 Å². The van der Waals surface area contributed by atoms with Crippen molar-refractivity contribution in [3.05, 3.63) is 54.3 Å². The first kappa shape index (κ1) is 32.4. The van der Waals surface area contributed by atoms with Gasteiger partial charge in [0.2, 0.25) is 6.29 Å². The molecule has 15 heteroatoms. The van der Waals surface area contributed by atoms with Crippen molar-refractivity contribution in [1.82, 2.24) is 0 Å². The zero-order valence-corrected chi connectivity index (χ0v) is 24.2. The van der Waals surface area contributed by atoms with E-state index in [0.29, 0.717) is 0 Å². The van der Waals surface area contributed by atoms with Crippen molar-refractivity contribution in [2.24, 2.45) is 11.8 Å². The molecule has 4 fully saturated rings. The minimum Gasteiger partial charge on any atom is -0.472 e. The second kappa shape index (κ2) is 12.9. The molecule has 4 heterocycles. The summed E-state index contributed by atoms with van der Waals surface area (Å²) in [5.74, 6) is -2.00. The molecule has 16 atom stereocenters. The largest absolute Gasteiger partial charge is 0.472 e. The molecule has 4 aliphatic heterocycles. The Kier molecular flexibility index (Phi) is 9.33. The standard InChI is InChI=1S/C30H38O15/c1-13-19(33)21(35)23(37)28(41-13)43-25-15-9-10-39-27(44-29-24(38)22(36)20(34)16(11-31)42-29)18(15)30(26(25)45-30)12-40-17(32)8-7-14-5-3-2-4-6-14/h2-10,13,15-16,18-29,31,33-38H,11-12H2,1H3/b8-7+/t13-,15+,16+,18+,19-,20+,21+,22-,23+,24+,25-,26-,27-,28-,29-,30+/m0/s1. The number of rotatable bonds is 9. The molecule has 248 valence electrons. The third-order valence-corrected chi connectivity index (χ3v) is 9.10. The summed E-state index contributed by atoms with van der Waals surface area (Å²) in [5.41, 5.74) is -0.452. The average Bonchev–Trinajstić information content (AvgIpc) is 3.71. The van der Waals surface area contributed by atoms with Crippen molar-refractivity contribution in [2.45, 2.75) is 92.4 Å². The molecule has 0 spiro atoms. The van der Waals surface area contributed by atoms with Crippen LogP contribution in [0.4, 0.5) is 0 Å². The summed E-state index contributed by atoms with van der Waals surface area (Å²) in [6.45, 7) is 0.587. The molecule has 1 aromatic carbocycles. The van der Waals surface area contributed by atoms with Crippen LogP contribution in [0.5, 0.6) is 0 Å². The fourth-order valence-corrected chi connectivity index (χ4v) is 6.53. The third-order valence-electron chi connectivity index (χ3n) is 9.10. The second-order valence-corrected chi connectivity index (χ2v) is 11.9. The Hall–Kier alpha value is -2.51. The molecular formula is C30H38O15. The van der Waals surface area contributed by atoms with E-state index in [2.05, 4.69) is 0 Å². The van der Waals surface area contributed by atoms with Crippen LogP contribution < -0.4 is 0 Å². The lowest BCUT2D eigenvalue weighted by molar-refractivity contribution is -0.347. The highest BCUT2D eigenvalue weighted by atomic mass is 16.8. The van der Waals surface area contributed by atoms with Crippen LogP contribution in [-0.4, -0.2) is 140 Å². The number of benzene rings is 1. The van der Waals surface area contributed by atoms with Gasteiger partial charge in [-0.05, 0) is 24.6 Å². The molecule has 0 radical (unpaired) electrons. The van der Waals surface area contributed by atoms with Gasteiger partial charge in [-0.3, -0.25) is 0 Å². The predicted molar refractivity (Wildman–Crippen MR) is 147 cm³/mol. The van der Waals surface area contributed by atoms with Crippen molar-refractivity contribution >= 4 is 12.0 Å². The maximum atomic E-state index is 12.7. The van der Waals surface area contributed by atoms with Crippen LogP contribution in [0, 0.1) is 11.8 Å². The van der Waals surface area contributed by atoms with Gasteiger partial charge in [-0.15, -0.1) is 0 Å². The Bertz CT molecular complexity index is 1240. The highest BCUT2D eigenvalue weighted by molar-refractivity contribution is 5.87. The maximum Gasteiger partial charge on any atom is 0.330 e. The Morgan fingerprint density at radius 1 is 0.889 bits per heavy atom. The quantitative estimate of drug-likeness (QED) is 0.0845. The molecule has 0 bridgehead atoms. The van der Waals surface area contributed by atoms with E-state index >= 15 is 0 Å². The first-order valence-electron chi connectivity index (χ1n) is 14.8. The summed E-state index contributed by atoms with van der Waals surface area (Å²) in [4.78, 5) is 12.7. The number of fused-ring (bicyclic) bond motifs is 3. The van der Waals surface area contributed by atoms with Crippen LogP contribution in [0.25, 0.3) is 6.08 Å². The van der Waals surface area contributed by atoms with E-state index in [1.54, 1.807) is 12.2 Å². The number of epoxide rings is 1. The van der Waals surface area contributed by atoms with Crippen molar-refractivity contribution in [2.75, 3.05) is 13.2 Å². The Labute approximate surface area is 257 Å². The second-order valence-electron chi connectivity index (χ2n) is 11.9. The fourth-order valence-electron chi connectivity index (χ4n) is 6.53. The highest BCUT2D eigenvalue weighted by Crippen LogP contribution is 2.61. The molecule has 0 aromatic heterocycles. The summed E-state index contributed by atoms with van der Waals surface area (Å²) in [6, 6.07) is 9.13. The molecule has 6 rings (SSSR count). The van der Waals surface area contributed by atoms with Crippen LogP contribution in [0.15, 0.2) is 48.7 Å². The Morgan fingerprint density at radius 2 is 1.58 bits per heavy atom. The monoisotopic (exact) mass is 638 g/mol. The van der Waals surface area contributed by atoms with E-state index in [1.165, 1.54) is 19.3 Å². The Balaban J connectivity index is 1.23. The van der Waals surface area contributed by atoms with Crippen LogP contribution in [0.2, 0.25) is 0 Å². The topological polar surface area (TPSA) is 227 Å². The van der Waals surface area contributed by atoms with E-state index in [9.17, 15) is 40.5 Å². The van der Waals surface area contributed by atoms with E-state index in [0.717, 1.165) is 5.56 Å². The van der Waals surface area contributed by atoms with Gasteiger partial charge in [-0.25, -0.2) is 4.79 Å². The van der Waals surface area contributed by atoms with Crippen LogP contribution in [0.3, 0.4) is 0 Å². The number of ether oxygens (including phenoxy) is 7. The lowest BCUT2D eigenvalue weighted by Crippen LogP contribution is -2.60.